The number of hydrogen-bond acceptors (Lipinski definition) is 14. The highest BCUT2D eigenvalue weighted by Gasteiger charge is 2.29. The molecule has 0 saturated heterocycles. The molecule has 306 valence electrons. The van der Waals surface area contributed by atoms with E-state index in [9.17, 15) is 34.8 Å². The quantitative estimate of drug-likeness (QED) is 0.0676. The second-order valence-electron chi connectivity index (χ2n) is 14.0. The third-order valence-electron chi connectivity index (χ3n) is 9.73. The minimum absolute atomic E-state index is 0.000263. The Bertz CT molecular complexity index is 1780. The number of nitrogens with two attached hydrogens (primary N) is 3. The number of nitrogens with zero attached hydrogens (tertiary/aromatic N) is 2. The van der Waals surface area contributed by atoms with E-state index < -0.39 is 49.0 Å². The van der Waals surface area contributed by atoms with Crippen LogP contribution in [0.2, 0.25) is 5.15 Å². The number of nitrogens with one attached hydrogen (secondary N) is 4. The van der Waals surface area contributed by atoms with Crippen LogP contribution in [0.15, 0.2) is 36.4 Å². The fourth-order valence-corrected chi connectivity index (χ4v) is 6.70. The smallest absolute Gasteiger partial charge is 0.321 e. The number of benzene rings is 2. The number of aryl methyl sites for hydroxylation is 2. The molecule has 2 aromatic carbocycles. The lowest BCUT2D eigenvalue weighted by atomic mass is 9.82. The van der Waals surface area contributed by atoms with Crippen molar-refractivity contribution in [3.63, 3.8) is 0 Å². The molecule has 1 unspecified atom stereocenters. The van der Waals surface area contributed by atoms with Gasteiger partial charge in [-0.2, -0.15) is 0 Å². The standard InChI is InChI=1S/C38H54ClN9O8/c39-33-35(42)47-34(41)30(46-33)37(55)48-38(56)44-17-4-3-7-22-12-13-23(26-9-2-1-8-25(22)26)18-27(40)36(54)45-24-14-10-21(11-15-24)6-5-16-43-19-28(50)31(52)32(53)29(51)20-49/h10-15,27-29,31-32,43,49-53H,1-9,16-20,40H2,(H,45,54)(H4,41,42,47)(H2,44,48,55,56)/t27?,28-,29+,31+,32+/m0/s1. The molecule has 1 heterocycles. The predicted molar refractivity (Wildman–Crippen MR) is 212 cm³/mol. The average molecular weight is 800 g/mol. The molecule has 0 radical (unpaired) electrons. The highest BCUT2D eigenvalue weighted by atomic mass is 35.5. The summed E-state index contributed by atoms with van der Waals surface area (Å²) in [5.74, 6) is -1.48. The Morgan fingerprint density at radius 1 is 0.804 bits per heavy atom. The van der Waals surface area contributed by atoms with Gasteiger partial charge in [-0.3, -0.25) is 14.9 Å². The number of aliphatic hydroxyl groups excluding tert-OH is 5. The number of carbonyl (C=O) groups excluding carboxylic acids is 3. The highest BCUT2D eigenvalue weighted by Crippen LogP contribution is 2.30. The van der Waals surface area contributed by atoms with Gasteiger partial charge in [0.25, 0.3) is 5.91 Å². The maximum absolute atomic E-state index is 13.1. The first-order chi connectivity index (χ1) is 26.8. The summed E-state index contributed by atoms with van der Waals surface area (Å²) in [7, 11) is 0. The first kappa shape index (κ1) is 44.3. The molecule has 17 nitrogen and oxygen atoms in total. The first-order valence-corrected chi connectivity index (χ1v) is 19.2. The lowest BCUT2D eigenvalue weighted by Gasteiger charge is -2.25. The van der Waals surface area contributed by atoms with Crippen molar-refractivity contribution in [3.8, 4) is 0 Å². The normalized spacial score (nSPS) is 15.2. The van der Waals surface area contributed by atoms with Crippen molar-refractivity contribution in [2.45, 2.75) is 94.7 Å². The van der Waals surface area contributed by atoms with E-state index in [-0.39, 0.29) is 34.9 Å². The van der Waals surface area contributed by atoms with E-state index in [1.807, 2.05) is 24.3 Å². The van der Waals surface area contributed by atoms with Gasteiger partial charge < -0.3 is 58.7 Å². The number of rotatable bonds is 20. The summed E-state index contributed by atoms with van der Waals surface area (Å²) in [4.78, 5) is 45.3. The average Bonchev–Trinajstić information content (AvgIpc) is 3.19. The largest absolute Gasteiger partial charge is 0.394 e. The number of fused-ring (bicyclic) bond motifs is 1. The second-order valence-corrected chi connectivity index (χ2v) is 14.3. The Labute approximate surface area is 330 Å². The van der Waals surface area contributed by atoms with Crippen molar-refractivity contribution in [1.29, 1.82) is 0 Å². The molecule has 4 rings (SSSR count). The van der Waals surface area contributed by atoms with E-state index in [0.717, 1.165) is 62.5 Å². The number of unbranched alkanes of at least 4 members (excludes halogenated alkanes) is 1. The SMILES string of the molecule is Nc1nc(N)c(C(=O)NC(=O)NCCCCc2ccc(CC(N)C(=O)Nc3ccc(CCCNC[C@H](O)[C@@H](O)[C@H](O)[C@H](O)CO)cc3)c3c2CCCC3)nc1Cl. The molecule has 0 fully saturated rings. The zero-order valence-electron chi connectivity index (χ0n) is 31.2. The lowest BCUT2D eigenvalue weighted by Crippen LogP contribution is -2.49. The second kappa shape index (κ2) is 21.7. The van der Waals surface area contributed by atoms with Crippen LogP contribution in [0.4, 0.5) is 22.1 Å². The minimum Gasteiger partial charge on any atom is -0.394 e. The third-order valence-corrected chi connectivity index (χ3v) is 10.0. The lowest BCUT2D eigenvalue weighted by molar-refractivity contribution is -0.117. The van der Waals surface area contributed by atoms with Gasteiger partial charge in [0.15, 0.2) is 22.5 Å². The van der Waals surface area contributed by atoms with Crippen molar-refractivity contribution in [3.05, 3.63) is 75.1 Å². The number of hydrogen-bond donors (Lipinski definition) is 12. The Morgan fingerprint density at radius 3 is 2.16 bits per heavy atom. The molecule has 0 spiro atoms. The Hall–Kier alpha value is -4.46. The summed E-state index contributed by atoms with van der Waals surface area (Å²) in [6.07, 6.45) is 2.07. The van der Waals surface area contributed by atoms with Gasteiger partial charge in [0.1, 0.15) is 18.3 Å². The van der Waals surface area contributed by atoms with Crippen molar-refractivity contribution >= 4 is 46.8 Å². The number of halogens is 1. The monoisotopic (exact) mass is 799 g/mol. The number of anilines is 3. The molecule has 1 aromatic heterocycles. The van der Waals surface area contributed by atoms with Crippen LogP contribution >= 0.6 is 11.6 Å². The molecule has 4 amide bonds. The van der Waals surface area contributed by atoms with Gasteiger partial charge in [-0.15, -0.1) is 0 Å². The van der Waals surface area contributed by atoms with Gasteiger partial charge in [-0.1, -0.05) is 35.9 Å². The maximum Gasteiger partial charge on any atom is 0.321 e. The number of urea groups is 1. The molecular weight excluding hydrogens is 746 g/mol. The van der Waals surface area contributed by atoms with Gasteiger partial charge in [0.05, 0.1) is 18.8 Å². The number of nitrogen functional groups attached to an aromatic ring is 2. The number of aromatic nitrogens is 2. The summed E-state index contributed by atoms with van der Waals surface area (Å²) in [6, 6.07) is 10.2. The van der Waals surface area contributed by atoms with Gasteiger partial charge >= 0.3 is 6.03 Å². The molecule has 1 aliphatic carbocycles. The molecule has 18 heteroatoms. The highest BCUT2D eigenvalue weighted by molar-refractivity contribution is 6.31. The Morgan fingerprint density at radius 2 is 1.46 bits per heavy atom. The predicted octanol–water partition coefficient (Wildman–Crippen LogP) is 0.102. The number of imide groups is 1. The fourth-order valence-electron chi connectivity index (χ4n) is 6.57. The van der Waals surface area contributed by atoms with Crippen LogP contribution in [0, 0.1) is 0 Å². The number of aliphatic hydroxyl groups is 5. The molecule has 0 bridgehead atoms. The summed E-state index contributed by atoms with van der Waals surface area (Å²) in [5, 5.41) is 58.5. The van der Waals surface area contributed by atoms with E-state index in [1.54, 1.807) is 0 Å². The van der Waals surface area contributed by atoms with Gasteiger partial charge in [0.2, 0.25) is 5.91 Å². The van der Waals surface area contributed by atoms with Crippen LogP contribution in [0.3, 0.4) is 0 Å². The van der Waals surface area contributed by atoms with Gasteiger partial charge in [-0.05, 0) is 111 Å². The van der Waals surface area contributed by atoms with Crippen molar-refractivity contribution in [2.75, 3.05) is 43.0 Å². The van der Waals surface area contributed by atoms with Crippen molar-refractivity contribution in [2.24, 2.45) is 5.73 Å². The molecule has 1 aliphatic rings. The van der Waals surface area contributed by atoms with Crippen LogP contribution in [-0.4, -0.2) is 110 Å². The molecule has 15 N–H and O–H groups in total. The number of carbonyl (C=O) groups is 3. The van der Waals surface area contributed by atoms with Crippen LogP contribution in [0.1, 0.15) is 70.4 Å². The van der Waals surface area contributed by atoms with Crippen LogP contribution in [0.25, 0.3) is 0 Å². The first-order valence-electron chi connectivity index (χ1n) is 18.8. The van der Waals surface area contributed by atoms with E-state index >= 15 is 0 Å². The van der Waals surface area contributed by atoms with Crippen LogP contribution < -0.4 is 38.5 Å². The zero-order valence-corrected chi connectivity index (χ0v) is 32.0. The Balaban J connectivity index is 1.18. The van der Waals surface area contributed by atoms with Gasteiger partial charge in [-0.25, -0.2) is 14.8 Å². The van der Waals surface area contributed by atoms with Crippen LogP contribution in [0.5, 0.6) is 0 Å². The molecule has 0 saturated carbocycles. The topological polar surface area (TPSA) is 304 Å². The van der Waals surface area contributed by atoms with E-state index in [2.05, 4.69) is 43.4 Å². The number of amides is 4. The third kappa shape index (κ3) is 12.8. The summed E-state index contributed by atoms with van der Waals surface area (Å²) in [6.45, 7) is 0.145. The minimum atomic E-state index is -1.66. The molecule has 5 atom stereocenters. The fraction of sp³-hybridized carbons (Fsp3) is 0.500. The summed E-state index contributed by atoms with van der Waals surface area (Å²) < 4.78 is 0. The van der Waals surface area contributed by atoms with E-state index in [4.69, 9.17) is 33.9 Å². The molecule has 56 heavy (non-hydrogen) atoms. The van der Waals surface area contributed by atoms with Crippen molar-refractivity contribution < 1.29 is 39.9 Å². The molecule has 3 aromatic rings. The van der Waals surface area contributed by atoms with E-state index in [1.165, 1.54) is 16.7 Å². The van der Waals surface area contributed by atoms with E-state index in [0.29, 0.717) is 31.6 Å². The van der Waals surface area contributed by atoms with Crippen LogP contribution in [-0.2, 0) is 36.9 Å². The Kier molecular flexibility index (Phi) is 17.2. The van der Waals surface area contributed by atoms with Crippen molar-refractivity contribution in [1.82, 2.24) is 25.9 Å². The maximum atomic E-state index is 13.1. The zero-order chi connectivity index (χ0) is 40.8. The molecular formula is C38H54ClN9O8. The summed E-state index contributed by atoms with van der Waals surface area (Å²) in [5.41, 5.74) is 23.9. The summed E-state index contributed by atoms with van der Waals surface area (Å²) >= 11 is 5.82. The van der Waals surface area contributed by atoms with Gasteiger partial charge in [0, 0.05) is 18.8 Å². The molecule has 0 aliphatic heterocycles.